The highest BCUT2D eigenvalue weighted by Gasteiger charge is 2.14. The number of amides is 1. The lowest BCUT2D eigenvalue weighted by molar-refractivity contribution is -0.116. The van der Waals surface area contributed by atoms with Gasteiger partial charge in [-0.05, 0) is 42.0 Å². The molecule has 2 aromatic carbocycles. The van der Waals surface area contributed by atoms with Crippen LogP contribution in [-0.4, -0.2) is 22.6 Å². The van der Waals surface area contributed by atoms with Gasteiger partial charge in [-0.15, -0.1) is 11.3 Å². The number of fused-ring (bicyclic) bond motifs is 1. The lowest BCUT2D eigenvalue weighted by Crippen LogP contribution is -2.27. The molecule has 0 bridgehead atoms. The van der Waals surface area contributed by atoms with E-state index >= 15 is 0 Å². The first kappa shape index (κ1) is 20.4. The summed E-state index contributed by atoms with van der Waals surface area (Å²) in [4.78, 5) is 30.6. The number of carbonyl (C=O) groups is 1. The van der Waals surface area contributed by atoms with Crippen LogP contribution in [0.25, 0.3) is 20.7 Å². The minimum Gasteiger partial charge on any atom is -0.495 e. The Balaban J connectivity index is 1.60. The van der Waals surface area contributed by atoms with E-state index < -0.39 is 5.91 Å². The minimum atomic E-state index is -0.395. The van der Waals surface area contributed by atoms with Crippen molar-refractivity contribution in [2.45, 2.75) is 6.54 Å². The molecule has 0 atom stereocenters. The molecule has 0 aliphatic heterocycles. The Morgan fingerprint density at radius 2 is 1.87 bits per heavy atom. The number of halogens is 2. The van der Waals surface area contributed by atoms with Gasteiger partial charge in [-0.1, -0.05) is 35.3 Å². The van der Waals surface area contributed by atoms with Crippen LogP contribution in [0, 0.1) is 0 Å². The molecule has 0 saturated heterocycles. The van der Waals surface area contributed by atoms with Crippen LogP contribution in [0.5, 0.6) is 5.75 Å². The maximum atomic E-state index is 12.9. The topological polar surface area (TPSA) is 73.2 Å². The van der Waals surface area contributed by atoms with Crippen molar-refractivity contribution < 1.29 is 9.53 Å². The van der Waals surface area contributed by atoms with E-state index in [0.717, 1.165) is 10.4 Å². The highest BCUT2D eigenvalue weighted by Crippen LogP contribution is 2.31. The molecule has 152 valence electrons. The second-order valence-corrected chi connectivity index (χ2v) is 8.33. The van der Waals surface area contributed by atoms with Crippen LogP contribution in [0.2, 0.25) is 10.0 Å². The van der Waals surface area contributed by atoms with Gasteiger partial charge in [0.1, 0.15) is 17.0 Å². The summed E-state index contributed by atoms with van der Waals surface area (Å²) >= 11 is 13.3. The lowest BCUT2D eigenvalue weighted by Gasteiger charge is -2.11. The molecular weight excluding hydrogens is 445 g/mol. The summed E-state index contributed by atoms with van der Waals surface area (Å²) in [6.07, 6.45) is 1.37. The molecule has 0 spiro atoms. The Kier molecular flexibility index (Phi) is 5.76. The van der Waals surface area contributed by atoms with E-state index in [1.54, 1.807) is 30.3 Å². The van der Waals surface area contributed by atoms with Gasteiger partial charge in [0.15, 0.2) is 0 Å². The van der Waals surface area contributed by atoms with Crippen molar-refractivity contribution in [1.29, 1.82) is 0 Å². The number of anilines is 1. The number of hydrogen-bond donors (Lipinski definition) is 1. The summed E-state index contributed by atoms with van der Waals surface area (Å²) in [7, 11) is 1.50. The Labute approximate surface area is 185 Å². The van der Waals surface area contributed by atoms with Crippen molar-refractivity contribution in [1.82, 2.24) is 9.55 Å². The number of nitrogens with zero attached hydrogens (tertiary/aromatic N) is 2. The quantitative estimate of drug-likeness (QED) is 0.451. The number of carbonyl (C=O) groups excluding carboxylic acids is 1. The number of rotatable bonds is 5. The number of methoxy groups -OCH3 is 1. The van der Waals surface area contributed by atoms with Crippen molar-refractivity contribution >= 4 is 56.3 Å². The summed E-state index contributed by atoms with van der Waals surface area (Å²) in [5, 5.41) is 3.82. The minimum absolute atomic E-state index is 0.189. The molecule has 0 saturated carbocycles. The lowest BCUT2D eigenvalue weighted by atomic mass is 10.2. The molecule has 9 heteroatoms. The third kappa shape index (κ3) is 4.18. The highest BCUT2D eigenvalue weighted by molar-refractivity contribution is 7.22. The first-order chi connectivity index (χ1) is 14.4. The molecule has 4 rings (SSSR count). The van der Waals surface area contributed by atoms with Crippen molar-refractivity contribution in [3.8, 4) is 16.2 Å². The zero-order chi connectivity index (χ0) is 21.3. The zero-order valence-corrected chi connectivity index (χ0v) is 18.0. The van der Waals surface area contributed by atoms with Gasteiger partial charge in [0.25, 0.3) is 5.56 Å². The van der Waals surface area contributed by atoms with E-state index in [-0.39, 0.29) is 12.1 Å². The second kappa shape index (κ2) is 8.47. The maximum Gasteiger partial charge on any atom is 0.271 e. The monoisotopic (exact) mass is 459 g/mol. The fraction of sp³-hybridized carbons (Fsp3) is 0.0952. The van der Waals surface area contributed by atoms with Gasteiger partial charge in [-0.3, -0.25) is 14.2 Å². The smallest absolute Gasteiger partial charge is 0.271 e. The molecular formula is C21H15Cl2N3O3S. The van der Waals surface area contributed by atoms with Crippen molar-refractivity contribution in [3.63, 3.8) is 0 Å². The Hall–Kier alpha value is -2.87. The van der Waals surface area contributed by atoms with E-state index in [1.165, 1.54) is 29.3 Å². The SMILES string of the molecule is COc1ccc(Cl)cc1NC(=O)Cn1cnc2cc(-c3ccc(Cl)cc3)sc2c1=O. The van der Waals surface area contributed by atoms with Crippen LogP contribution < -0.4 is 15.6 Å². The first-order valence-corrected chi connectivity index (χ1v) is 10.4. The standard InChI is InChI=1S/C21H15Cl2N3O3S/c1-29-17-7-6-14(23)8-15(17)25-19(27)10-26-11-24-16-9-18(30-20(16)21(26)28)12-2-4-13(22)5-3-12/h2-9,11H,10H2,1H3,(H,25,27). The van der Waals surface area contributed by atoms with E-state index in [1.807, 2.05) is 18.2 Å². The van der Waals surface area contributed by atoms with E-state index in [9.17, 15) is 9.59 Å². The number of ether oxygens (including phenoxy) is 1. The predicted octanol–water partition coefficient (Wildman–Crippen LogP) is 5.08. The van der Waals surface area contributed by atoms with Gasteiger partial charge >= 0.3 is 0 Å². The zero-order valence-electron chi connectivity index (χ0n) is 15.7. The Morgan fingerprint density at radius 3 is 2.60 bits per heavy atom. The Bertz CT molecular complexity index is 1300. The van der Waals surface area contributed by atoms with Gasteiger partial charge in [0.05, 0.1) is 24.6 Å². The number of thiophene rings is 1. The highest BCUT2D eigenvalue weighted by atomic mass is 35.5. The molecule has 30 heavy (non-hydrogen) atoms. The number of nitrogens with one attached hydrogen (secondary N) is 1. The average molecular weight is 460 g/mol. The molecule has 0 fully saturated rings. The molecule has 0 radical (unpaired) electrons. The summed E-state index contributed by atoms with van der Waals surface area (Å²) in [5.41, 5.74) is 1.68. The molecule has 2 aromatic heterocycles. The van der Waals surface area contributed by atoms with E-state index in [0.29, 0.717) is 31.7 Å². The summed E-state index contributed by atoms with van der Waals surface area (Å²) in [6, 6.07) is 14.1. The van der Waals surface area contributed by atoms with Crippen molar-refractivity contribution in [2.75, 3.05) is 12.4 Å². The van der Waals surface area contributed by atoms with E-state index in [2.05, 4.69) is 10.3 Å². The number of hydrogen-bond acceptors (Lipinski definition) is 5. The van der Waals surface area contributed by atoms with Crippen LogP contribution in [-0.2, 0) is 11.3 Å². The predicted molar refractivity (Wildman–Crippen MR) is 121 cm³/mol. The third-order valence-corrected chi connectivity index (χ3v) is 6.03. The van der Waals surface area contributed by atoms with Gasteiger partial charge in [0, 0.05) is 14.9 Å². The molecule has 4 aromatic rings. The first-order valence-electron chi connectivity index (χ1n) is 8.83. The molecule has 6 nitrogen and oxygen atoms in total. The Morgan fingerprint density at radius 1 is 1.13 bits per heavy atom. The van der Waals surface area contributed by atoms with Gasteiger partial charge in [0.2, 0.25) is 5.91 Å². The average Bonchev–Trinajstić information content (AvgIpc) is 3.16. The summed E-state index contributed by atoms with van der Waals surface area (Å²) in [6.45, 7) is -0.189. The van der Waals surface area contributed by atoms with Crippen LogP contribution in [0.4, 0.5) is 5.69 Å². The summed E-state index contributed by atoms with van der Waals surface area (Å²) in [5.74, 6) is 0.0767. The fourth-order valence-corrected chi connectivity index (χ4v) is 4.30. The molecule has 2 heterocycles. The van der Waals surface area contributed by atoms with Gasteiger partial charge in [-0.25, -0.2) is 4.98 Å². The van der Waals surface area contributed by atoms with Gasteiger partial charge < -0.3 is 10.1 Å². The molecule has 0 aliphatic carbocycles. The normalized spacial score (nSPS) is 10.9. The van der Waals surface area contributed by atoms with E-state index in [4.69, 9.17) is 27.9 Å². The molecule has 0 unspecified atom stereocenters. The van der Waals surface area contributed by atoms with Crippen LogP contribution in [0.3, 0.4) is 0 Å². The maximum absolute atomic E-state index is 12.9. The largest absolute Gasteiger partial charge is 0.495 e. The number of aromatic nitrogens is 2. The number of benzene rings is 2. The molecule has 1 N–H and O–H groups in total. The van der Waals surface area contributed by atoms with Gasteiger partial charge in [-0.2, -0.15) is 0 Å². The van der Waals surface area contributed by atoms with Crippen molar-refractivity contribution in [2.24, 2.45) is 0 Å². The fourth-order valence-electron chi connectivity index (χ4n) is 2.94. The third-order valence-electron chi connectivity index (χ3n) is 4.38. The second-order valence-electron chi connectivity index (χ2n) is 6.40. The van der Waals surface area contributed by atoms with Crippen LogP contribution >= 0.6 is 34.5 Å². The van der Waals surface area contributed by atoms with Crippen LogP contribution in [0.15, 0.2) is 59.7 Å². The molecule has 1 amide bonds. The summed E-state index contributed by atoms with van der Waals surface area (Å²) < 4.78 is 6.98. The molecule has 0 aliphatic rings. The van der Waals surface area contributed by atoms with Crippen LogP contribution in [0.1, 0.15) is 0 Å². The van der Waals surface area contributed by atoms with Crippen molar-refractivity contribution in [3.05, 3.63) is 75.3 Å².